The molecule has 0 aliphatic carbocycles. The summed E-state index contributed by atoms with van der Waals surface area (Å²) in [5, 5.41) is 3.23. The van der Waals surface area contributed by atoms with Crippen molar-refractivity contribution in [2.45, 2.75) is 20.8 Å². The fourth-order valence-electron chi connectivity index (χ4n) is 1.52. The zero-order chi connectivity index (χ0) is 11.5. The molecule has 0 atom stereocenters. The average molecular weight is 217 g/mol. The third-order valence-electron chi connectivity index (χ3n) is 2.20. The third kappa shape index (κ3) is 2.03. The van der Waals surface area contributed by atoms with Crippen LogP contribution in [-0.2, 0) is 0 Å². The summed E-state index contributed by atoms with van der Waals surface area (Å²) in [7, 11) is 0. The molecule has 5 nitrogen and oxygen atoms in total. The number of H-pyrrole nitrogens is 1. The molecule has 16 heavy (non-hydrogen) atoms. The summed E-state index contributed by atoms with van der Waals surface area (Å²) < 4.78 is 0. The van der Waals surface area contributed by atoms with Crippen LogP contribution in [0.4, 0.5) is 5.82 Å². The van der Waals surface area contributed by atoms with E-state index in [0.29, 0.717) is 5.65 Å². The van der Waals surface area contributed by atoms with Crippen LogP contribution in [0.5, 0.6) is 0 Å². The maximum atomic E-state index is 4.36. The van der Waals surface area contributed by atoms with Gasteiger partial charge in [0, 0.05) is 6.54 Å². The van der Waals surface area contributed by atoms with Gasteiger partial charge < -0.3 is 10.3 Å². The summed E-state index contributed by atoms with van der Waals surface area (Å²) in [6.45, 7) is 6.51. The standard InChI is InChI=1S/C11H15N5/c1-4-5-6-12-10-9-11(15-7(2)13-9)16-8(3)14-10/h4-5H,6H2,1-3H3,(H2,12,13,14,15,16)/b5-4+. The van der Waals surface area contributed by atoms with Gasteiger partial charge in [0.2, 0.25) is 0 Å². The van der Waals surface area contributed by atoms with Crippen LogP contribution in [0, 0.1) is 13.8 Å². The number of allylic oxidation sites excluding steroid dienone is 1. The fraction of sp³-hybridized carbons (Fsp3) is 0.364. The number of aromatic amines is 1. The highest BCUT2D eigenvalue weighted by molar-refractivity contribution is 5.82. The molecule has 0 bridgehead atoms. The van der Waals surface area contributed by atoms with Gasteiger partial charge in [0.15, 0.2) is 11.5 Å². The van der Waals surface area contributed by atoms with Crippen molar-refractivity contribution in [2.75, 3.05) is 11.9 Å². The molecule has 2 heterocycles. The van der Waals surface area contributed by atoms with Crippen LogP contribution in [0.15, 0.2) is 12.2 Å². The van der Waals surface area contributed by atoms with E-state index in [4.69, 9.17) is 0 Å². The van der Waals surface area contributed by atoms with Crippen molar-refractivity contribution >= 4 is 17.0 Å². The molecular weight excluding hydrogens is 202 g/mol. The Bertz CT molecular complexity index is 526. The summed E-state index contributed by atoms with van der Waals surface area (Å²) >= 11 is 0. The Morgan fingerprint density at radius 3 is 2.81 bits per heavy atom. The first-order valence-electron chi connectivity index (χ1n) is 5.26. The van der Waals surface area contributed by atoms with Crippen molar-refractivity contribution in [1.82, 2.24) is 19.9 Å². The van der Waals surface area contributed by atoms with Gasteiger partial charge in [-0.05, 0) is 20.8 Å². The molecule has 0 fully saturated rings. The van der Waals surface area contributed by atoms with Crippen LogP contribution in [0.3, 0.4) is 0 Å². The van der Waals surface area contributed by atoms with Gasteiger partial charge in [0.1, 0.15) is 17.2 Å². The van der Waals surface area contributed by atoms with Gasteiger partial charge in [-0.1, -0.05) is 12.2 Å². The molecule has 2 aromatic rings. The van der Waals surface area contributed by atoms with Crippen molar-refractivity contribution in [1.29, 1.82) is 0 Å². The highest BCUT2D eigenvalue weighted by Gasteiger charge is 2.08. The number of aromatic nitrogens is 4. The van der Waals surface area contributed by atoms with E-state index < -0.39 is 0 Å². The minimum Gasteiger partial charge on any atom is -0.365 e. The Labute approximate surface area is 94.0 Å². The van der Waals surface area contributed by atoms with Crippen LogP contribution < -0.4 is 5.32 Å². The van der Waals surface area contributed by atoms with Crippen LogP contribution in [0.1, 0.15) is 18.6 Å². The van der Waals surface area contributed by atoms with Crippen molar-refractivity contribution in [2.24, 2.45) is 0 Å². The van der Waals surface area contributed by atoms with Crippen molar-refractivity contribution < 1.29 is 0 Å². The van der Waals surface area contributed by atoms with Gasteiger partial charge in [-0.2, -0.15) is 0 Å². The lowest BCUT2D eigenvalue weighted by Gasteiger charge is -2.03. The monoisotopic (exact) mass is 217 g/mol. The van der Waals surface area contributed by atoms with Gasteiger partial charge in [0.25, 0.3) is 0 Å². The maximum Gasteiger partial charge on any atom is 0.183 e. The molecule has 0 saturated heterocycles. The van der Waals surface area contributed by atoms with E-state index in [2.05, 4.69) is 25.3 Å². The quantitative estimate of drug-likeness (QED) is 0.771. The molecule has 0 radical (unpaired) electrons. The first-order valence-corrected chi connectivity index (χ1v) is 5.26. The van der Waals surface area contributed by atoms with Crippen molar-refractivity contribution in [3.05, 3.63) is 23.8 Å². The van der Waals surface area contributed by atoms with Gasteiger partial charge in [-0.3, -0.25) is 0 Å². The van der Waals surface area contributed by atoms with Crippen LogP contribution in [-0.4, -0.2) is 26.5 Å². The molecule has 2 N–H and O–H groups in total. The summed E-state index contributed by atoms with van der Waals surface area (Å²) in [5.74, 6) is 2.38. The minimum absolute atomic E-state index is 0.716. The number of fused-ring (bicyclic) bond motifs is 1. The molecule has 0 aromatic carbocycles. The smallest absolute Gasteiger partial charge is 0.183 e. The van der Waals surface area contributed by atoms with Crippen molar-refractivity contribution in [3.8, 4) is 0 Å². The topological polar surface area (TPSA) is 66.5 Å². The molecule has 0 saturated carbocycles. The summed E-state index contributed by atoms with van der Waals surface area (Å²) in [4.78, 5) is 16.1. The largest absolute Gasteiger partial charge is 0.365 e. The van der Waals surface area contributed by atoms with Crippen LogP contribution >= 0.6 is 0 Å². The zero-order valence-electron chi connectivity index (χ0n) is 9.70. The van der Waals surface area contributed by atoms with E-state index in [0.717, 1.165) is 29.5 Å². The number of anilines is 1. The summed E-state index contributed by atoms with van der Waals surface area (Å²) in [6, 6.07) is 0. The third-order valence-corrected chi connectivity index (χ3v) is 2.20. The summed E-state index contributed by atoms with van der Waals surface area (Å²) in [6.07, 6.45) is 4.03. The van der Waals surface area contributed by atoms with Crippen molar-refractivity contribution in [3.63, 3.8) is 0 Å². The zero-order valence-corrected chi connectivity index (χ0v) is 9.70. The Kier molecular flexibility index (Phi) is 2.85. The van der Waals surface area contributed by atoms with E-state index in [1.807, 2.05) is 32.9 Å². The number of rotatable bonds is 3. The lowest BCUT2D eigenvalue weighted by molar-refractivity contribution is 1.07. The lowest BCUT2D eigenvalue weighted by Crippen LogP contribution is -2.03. The Balaban J connectivity index is 2.41. The second kappa shape index (κ2) is 4.30. The lowest BCUT2D eigenvalue weighted by atomic mass is 10.4. The number of imidazole rings is 1. The minimum atomic E-state index is 0.716. The molecule has 0 amide bonds. The number of hydrogen-bond acceptors (Lipinski definition) is 4. The highest BCUT2D eigenvalue weighted by Crippen LogP contribution is 2.17. The maximum absolute atomic E-state index is 4.36. The normalized spacial score (nSPS) is 11.4. The predicted molar refractivity (Wildman–Crippen MR) is 64.5 cm³/mol. The van der Waals surface area contributed by atoms with Gasteiger partial charge in [-0.15, -0.1) is 0 Å². The number of hydrogen-bond donors (Lipinski definition) is 2. The van der Waals surface area contributed by atoms with E-state index >= 15 is 0 Å². The Hall–Kier alpha value is -1.91. The average Bonchev–Trinajstić information content (AvgIpc) is 2.58. The highest BCUT2D eigenvalue weighted by atomic mass is 15.1. The second-order valence-electron chi connectivity index (χ2n) is 3.59. The van der Waals surface area contributed by atoms with Gasteiger partial charge in [-0.25, -0.2) is 15.0 Å². The molecule has 84 valence electrons. The molecule has 0 spiro atoms. The Morgan fingerprint density at radius 1 is 1.25 bits per heavy atom. The molecule has 0 aliphatic heterocycles. The SMILES string of the molecule is C/C=C/CNc1nc(C)nc2nc(C)[nH]c12. The van der Waals surface area contributed by atoms with E-state index in [1.165, 1.54) is 0 Å². The van der Waals surface area contributed by atoms with Crippen LogP contribution in [0.2, 0.25) is 0 Å². The number of nitrogens with one attached hydrogen (secondary N) is 2. The van der Waals surface area contributed by atoms with E-state index in [1.54, 1.807) is 0 Å². The first-order chi connectivity index (χ1) is 7.70. The number of nitrogens with zero attached hydrogens (tertiary/aromatic N) is 3. The Morgan fingerprint density at radius 2 is 2.06 bits per heavy atom. The molecular formula is C11H15N5. The molecule has 2 rings (SSSR count). The fourth-order valence-corrected chi connectivity index (χ4v) is 1.52. The van der Waals surface area contributed by atoms with Gasteiger partial charge in [0.05, 0.1) is 0 Å². The summed E-state index contributed by atoms with van der Waals surface area (Å²) in [5.41, 5.74) is 1.58. The first kappa shape index (κ1) is 10.6. The van der Waals surface area contributed by atoms with Gasteiger partial charge >= 0.3 is 0 Å². The molecule has 0 unspecified atom stereocenters. The molecule has 2 aromatic heterocycles. The number of aryl methyl sites for hydroxylation is 2. The second-order valence-corrected chi connectivity index (χ2v) is 3.59. The van der Waals surface area contributed by atoms with E-state index in [-0.39, 0.29) is 0 Å². The predicted octanol–water partition coefficient (Wildman–Crippen LogP) is 1.96. The molecule has 5 heteroatoms. The van der Waals surface area contributed by atoms with Crippen LogP contribution in [0.25, 0.3) is 11.2 Å². The van der Waals surface area contributed by atoms with E-state index in [9.17, 15) is 0 Å². The molecule has 0 aliphatic rings.